The van der Waals surface area contributed by atoms with Crippen molar-refractivity contribution in [3.8, 4) is 0 Å². The van der Waals surface area contributed by atoms with Crippen molar-refractivity contribution >= 4 is 11.9 Å². The van der Waals surface area contributed by atoms with E-state index in [0.29, 0.717) is 12.8 Å². The maximum Gasteiger partial charge on any atom is 0.306 e. The van der Waals surface area contributed by atoms with E-state index in [1.807, 2.05) is 0 Å². The lowest BCUT2D eigenvalue weighted by atomic mass is 10.0. The first-order valence-corrected chi connectivity index (χ1v) is 34.9. The van der Waals surface area contributed by atoms with Crippen LogP contribution in [0.25, 0.3) is 0 Å². The topological polar surface area (TPSA) is 72.8 Å². The predicted molar refractivity (Wildman–Crippen MR) is 335 cm³/mol. The largest absolute Gasteiger partial charge is 0.462 e. The summed E-state index contributed by atoms with van der Waals surface area (Å²) in [4.78, 5) is 24.6. The molecule has 1 atom stereocenters. The van der Waals surface area contributed by atoms with Crippen molar-refractivity contribution in [2.45, 2.75) is 405 Å². The second-order valence-corrected chi connectivity index (χ2v) is 24.0. The standard InChI is InChI=1S/C71H136O5/c1-3-5-7-9-11-13-15-17-19-21-23-25-27-29-31-32-33-34-35-36-37-38-40-41-43-45-47-49-51-53-55-57-59-61-63-65-70(73)75-68-69(67-72)76-71(74)66-64-62-60-58-56-54-52-50-48-46-44-42-39-30-28-26-24-22-20-18-16-14-12-10-8-6-4-2/h16,18,22,24,69,72H,3-15,17,19-21,23,25-68H2,1-2H3/b18-16-,24-22-. The summed E-state index contributed by atoms with van der Waals surface area (Å²) in [5.41, 5.74) is 0. The summed E-state index contributed by atoms with van der Waals surface area (Å²) in [5.74, 6) is -0.566. The molecule has 0 aromatic carbocycles. The Kier molecular flexibility index (Phi) is 66.2. The number of esters is 2. The first-order chi connectivity index (χ1) is 37.6. The van der Waals surface area contributed by atoms with Crippen LogP contribution in [-0.4, -0.2) is 36.4 Å². The average molecular weight is 1070 g/mol. The Morgan fingerprint density at radius 3 is 0.776 bits per heavy atom. The van der Waals surface area contributed by atoms with Crippen molar-refractivity contribution in [3.05, 3.63) is 24.3 Å². The van der Waals surface area contributed by atoms with Gasteiger partial charge < -0.3 is 14.6 Å². The third kappa shape index (κ3) is 64.9. The molecule has 0 aliphatic heterocycles. The molecule has 0 bridgehead atoms. The van der Waals surface area contributed by atoms with Gasteiger partial charge in [-0.3, -0.25) is 9.59 Å². The molecule has 0 aromatic rings. The number of aliphatic hydroxyl groups is 1. The first kappa shape index (κ1) is 74.4. The molecule has 0 spiro atoms. The van der Waals surface area contributed by atoms with Gasteiger partial charge in [-0.05, 0) is 44.9 Å². The highest BCUT2D eigenvalue weighted by molar-refractivity contribution is 5.70. The summed E-state index contributed by atoms with van der Waals surface area (Å²) in [6, 6.07) is 0. The Balaban J connectivity index is 3.37. The first-order valence-electron chi connectivity index (χ1n) is 34.9. The van der Waals surface area contributed by atoms with Crippen LogP contribution >= 0.6 is 0 Å². The molecule has 0 aromatic heterocycles. The molecule has 450 valence electrons. The van der Waals surface area contributed by atoms with E-state index in [4.69, 9.17) is 9.47 Å². The third-order valence-corrected chi connectivity index (χ3v) is 16.2. The van der Waals surface area contributed by atoms with Gasteiger partial charge in [0.1, 0.15) is 6.61 Å². The van der Waals surface area contributed by atoms with Crippen LogP contribution < -0.4 is 0 Å². The lowest BCUT2D eigenvalue weighted by molar-refractivity contribution is -0.161. The zero-order valence-corrected chi connectivity index (χ0v) is 51.8. The monoisotopic (exact) mass is 1070 g/mol. The fourth-order valence-corrected chi connectivity index (χ4v) is 11.0. The predicted octanol–water partition coefficient (Wildman–Crippen LogP) is 24.0. The summed E-state index contributed by atoms with van der Waals surface area (Å²) in [6.45, 7) is 4.20. The molecule has 1 N–H and O–H groups in total. The third-order valence-electron chi connectivity index (χ3n) is 16.2. The minimum Gasteiger partial charge on any atom is -0.462 e. The van der Waals surface area contributed by atoms with Crippen molar-refractivity contribution in [3.63, 3.8) is 0 Å². The average Bonchev–Trinajstić information content (AvgIpc) is 3.42. The van der Waals surface area contributed by atoms with E-state index in [0.717, 1.165) is 38.5 Å². The summed E-state index contributed by atoms with van der Waals surface area (Å²) >= 11 is 0. The number of carbonyl (C=O) groups is 2. The van der Waals surface area contributed by atoms with Gasteiger partial charge in [-0.25, -0.2) is 0 Å². The van der Waals surface area contributed by atoms with Gasteiger partial charge in [-0.15, -0.1) is 0 Å². The van der Waals surface area contributed by atoms with Crippen LogP contribution in [-0.2, 0) is 19.1 Å². The van der Waals surface area contributed by atoms with E-state index >= 15 is 0 Å². The van der Waals surface area contributed by atoms with E-state index < -0.39 is 6.10 Å². The molecule has 0 aliphatic carbocycles. The number of hydrogen-bond donors (Lipinski definition) is 1. The lowest BCUT2D eigenvalue weighted by Gasteiger charge is -2.15. The fourth-order valence-electron chi connectivity index (χ4n) is 11.0. The van der Waals surface area contributed by atoms with Crippen molar-refractivity contribution in [1.29, 1.82) is 0 Å². The summed E-state index contributed by atoms with van der Waals surface area (Å²) in [5, 5.41) is 9.70. The normalized spacial score (nSPS) is 12.2. The highest BCUT2D eigenvalue weighted by Crippen LogP contribution is 2.19. The highest BCUT2D eigenvalue weighted by atomic mass is 16.6. The molecular formula is C71H136O5. The summed E-state index contributed by atoms with van der Waals surface area (Å²) in [6.07, 6.45) is 87.9. The molecule has 0 saturated heterocycles. The molecule has 5 nitrogen and oxygen atoms in total. The molecule has 0 heterocycles. The minimum atomic E-state index is -0.769. The number of carbonyl (C=O) groups excluding carboxylic acids is 2. The van der Waals surface area contributed by atoms with Crippen LogP contribution in [0.3, 0.4) is 0 Å². The maximum atomic E-state index is 12.4. The van der Waals surface area contributed by atoms with E-state index in [1.165, 1.54) is 334 Å². The number of rotatable bonds is 66. The molecule has 0 aliphatic rings. The van der Waals surface area contributed by atoms with Crippen LogP contribution in [0.4, 0.5) is 0 Å². The van der Waals surface area contributed by atoms with Gasteiger partial charge in [0, 0.05) is 12.8 Å². The van der Waals surface area contributed by atoms with E-state index in [2.05, 4.69) is 38.2 Å². The van der Waals surface area contributed by atoms with Gasteiger partial charge in [0.15, 0.2) is 6.10 Å². The van der Waals surface area contributed by atoms with Crippen LogP contribution in [0.1, 0.15) is 399 Å². The number of unbranched alkanes of at least 4 members (excludes halogenated alkanes) is 54. The zero-order chi connectivity index (χ0) is 54.8. The van der Waals surface area contributed by atoms with Crippen molar-refractivity contribution in [2.75, 3.05) is 13.2 Å². The second kappa shape index (κ2) is 67.7. The van der Waals surface area contributed by atoms with Gasteiger partial charge in [0.25, 0.3) is 0 Å². The van der Waals surface area contributed by atoms with Gasteiger partial charge in [-0.1, -0.05) is 366 Å². The SMILES string of the molecule is CCCCCCC/C=C\C/C=C\CCCCCCCCCCCCCCCCCC(=O)OC(CO)COC(=O)CCCCCCCCCCCCCCCCCCCCCCCCCCCCCCCCCCCCC. The molecular weight excluding hydrogens is 933 g/mol. The van der Waals surface area contributed by atoms with E-state index in [1.54, 1.807) is 0 Å². The highest BCUT2D eigenvalue weighted by Gasteiger charge is 2.16. The maximum absolute atomic E-state index is 12.4. The zero-order valence-electron chi connectivity index (χ0n) is 51.8. The Bertz CT molecular complexity index is 1160. The van der Waals surface area contributed by atoms with Gasteiger partial charge in [-0.2, -0.15) is 0 Å². The molecule has 1 unspecified atom stereocenters. The number of ether oxygens (including phenoxy) is 2. The van der Waals surface area contributed by atoms with Gasteiger partial charge in [0.05, 0.1) is 6.61 Å². The van der Waals surface area contributed by atoms with Gasteiger partial charge in [0.2, 0.25) is 0 Å². The Labute approximate surface area is 476 Å². The fraction of sp³-hybridized carbons (Fsp3) is 0.915. The van der Waals surface area contributed by atoms with Crippen molar-refractivity contribution in [1.82, 2.24) is 0 Å². The van der Waals surface area contributed by atoms with Crippen LogP contribution in [0, 0.1) is 0 Å². The van der Waals surface area contributed by atoms with Crippen molar-refractivity contribution < 1.29 is 24.2 Å². The summed E-state index contributed by atoms with van der Waals surface area (Å²) in [7, 11) is 0. The lowest BCUT2D eigenvalue weighted by Crippen LogP contribution is -2.28. The number of aliphatic hydroxyl groups excluding tert-OH is 1. The second-order valence-electron chi connectivity index (χ2n) is 24.0. The molecule has 0 amide bonds. The van der Waals surface area contributed by atoms with Crippen LogP contribution in [0.5, 0.6) is 0 Å². The van der Waals surface area contributed by atoms with E-state index in [-0.39, 0.29) is 25.2 Å². The molecule has 0 rings (SSSR count). The quantitative estimate of drug-likeness (QED) is 0.0373. The molecule has 0 radical (unpaired) electrons. The number of hydrogen-bond acceptors (Lipinski definition) is 5. The van der Waals surface area contributed by atoms with Gasteiger partial charge >= 0.3 is 11.9 Å². The minimum absolute atomic E-state index is 0.0588. The molecule has 0 fully saturated rings. The number of allylic oxidation sites excluding steroid dienone is 4. The molecule has 5 heteroatoms. The van der Waals surface area contributed by atoms with Crippen molar-refractivity contribution in [2.24, 2.45) is 0 Å². The summed E-state index contributed by atoms with van der Waals surface area (Å²) < 4.78 is 10.8. The smallest absolute Gasteiger partial charge is 0.306 e. The molecule has 76 heavy (non-hydrogen) atoms. The van der Waals surface area contributed by atoms with E-state index in [9.17, 15) is 14.7 Å². The molecule has 0 saturated carbocycles. The van der Waals surface area contributed by atoms with Crippen LogP contribution in [0.15, 0.2) is 24.3 Å². The Morgan fingerprint density at radius 1 is 0.303 bits per heavy atom. The Morgan fingerprint density at radius 2 is 0.526 bits per heavy atom. The van der Waals surface area contributed by atoms with Crippen LogP contribution in [0.2, 0.25) is 0 Å². The Hall–Kier alpha value is -1.62.